The van der Waals surface area contributed by atoms with E-state index in [-0.39, 0.29) is 51.4 Å². The van der Waals surface area contributed by atoms with Crippen LogP contribution in [0.4, 0.5) is 12.9 Å². The molecule has 1 aliphatic rings. The number of morpholine rings is 1. The molecule has 0 saturated carbocycles. The van der Waals surface area contributed by atoms with Gasteiger partial charge in [-0.15, -0.1) is 0 Å². The molecule has 102 valence electrons. The average Bonchev–Trinajstić information content (AvgIpc) is 2.79. The van der Waals surface area contributed by atoms with Crippen LogP contribution in [0.1, 0.15) is 11.3 Å². The van der Waals surface area contributed by atoms with Crippen LogP contribution < -0.4 is 56.2 Å². The summed E-state index contributed by atoms with van der Waals surface area (Å²) >= 11 is 0.886. The van der Waals surface area contributed by atoms with Gasteiger partial charge < -0.3 is 17.7 Å². The maximum absolute atomic E-state index is 12.5. The third-order valence-electron chi connectivity index (χ3n) is 3.01. The van der Waals surface area contributed by atoms with Crippen LogP contribution in [0.3, 0.4) is 0 Å². The smallest absolute Gasteiger partial charge is 0.444 e. The molecule has 0 aliphatic carbocycles. The molecule has 2 rings (SSSR count). The first-order valence-electron chi connectivity index (χ1n) is 6.14. The Balaban J connectivity index is 0.00000180. The molecule has 1 aromatic rings. The van der Waals surface area contributed by atoms with E-state index in [1.165, 1.54) is 6.07 Å². The van der Waals surface area contributed by atoms with E-state index in [1.54, 1.807) is 6.07 Å². The predicted octanol–water partition coefficient (Wildman–Crippen LogP) is -0.929. The van der Waals surface area contributed by atoms with Crippen molar-refractivity contribution in [2.45, 2.75) is 12.8 Å². The van der Waals surface area contributed by atoms with Crippen molar-refractivity contribution in [3.63, 3.8) is 0 Å². The molecule has 0 spiro atoms. The van der Waals surface area contributed by atoms with Crippen LogP contribution in [0.5, 0.6) is 0 Å². The van der Waals surface area contributed by atoms with Gasteiger partial charge in [0.2, 0.25) is 0 Å². The molecule has 2 nitrogen and oxygen atoms in total. The van der Waals surface area contributed by atoms with Crippen LogP contribution in [0.25, 0.3) is 0 Å². The molecule has 0 amide bonds. The van der Waals surface area contributed by atoms with Crippen molar-refractivity contribution in [2.75, 3.05) is 32.8 Å². The van der Waals surface area contributed by atoms with Gasteiger partial charge in [0.05, 0.1) is 13.2 Å². The topological polar surface area (TPSA) is 12.5 Å². The number of hydrogen-bond acceptors (Lipinski definition) is 3. The summed E-state index contributed by atoms with van der Waals surface area (Å²) in [6.07, 6.45) is 1.64. The number of halogens is 3. The normalized spacial score (nSPS) is 17.2. The molecule has 1 aliphatic heterocycles. The molecule has 8 heteroatoms. The standard InChI is InChI=1S/C11H16BF3NOS.K/c13-12(14,15)11-4-3-10(18-11)2-1-5-16-6-8-17-9-7-16;/h3-4H,1-2,5-9H2;/q-1;+1. The zero-order chi connectivity index (χ0) is 13.0. The second-order valence-corrected chi connectivity index (χ2v) is 5.64. The van der Waals surface area contributed by atoms with Crippen molar-refractivity contribution >= 4 is 23.1 Å². The molecule has 1 fully saturated rings. The van der Waals surface area contributed by atoms with E-state index in [1.807, 2.05) is 0 Å². The number of ether oxygens (including phenoxy) is 1. The summed E-state index contributed by atoms with van der Waals surface area (Å²) in [4.78, 5) is 3.13. The second kappa shape index (κ2) is 8.53. The molecule has 0 aromatic carbocycles. The Labute approximate surface area is 158 Å². The first kappa shape index (κ1) is 18.2. The third-order valence-corrected chi connectivity index (χ3v) is 4.25. The molecule has 1 saturated heterocycles. The van der Waals surface area contributed by atoms with Gasteiger partial charge in [0, 0.05) is 18.0 Å². The van der Waals surface area contributed by atoms with Gasteiger partial charge in [-0.05, 0) is 19.4 Å². The zero-order valence-electron chi connectivity index (χ0n) is 11.1. The Morgan fingerprint density at radius 3 is 2.47 bits per heavy atom. The minimum Gasteiger partial charge on any atom is -0.444 e. The van der Waals surface area contributed by atoms with Crippen molar-refractivity contribution in [3.05, 3.63) is 17.0 Å². The molecule has 19 heavy (non-hydrogen) atoms. The fraction of sp³-hybridized carbons (Fsp3) is 0.636. The molecular weight excluding hydrogens is 301 g/mol. The summed E-state index contributed by atoms with van der Waals surface area (Å²) in [7, 11) is 0. The Morgan fingerprint density at radius 1 is 1.21 bits per heavy atom. The predicted molar refractivity (Wildman–Crippen MR) is 68.6 cm³/mol. The van der Waals surface area contributed by atoms with Gasteiger partial charge in [0.15, 0.2) is 0 Å². The van der Waals surface area contributed by atoms with Crippen LogP contribution in [-0.2, 0) is 11.2 Å². The van der Waals surface area contributed by atoms with E-state index in [2.05, 4.69) is 4.90 Å². The SMILES string of the molecule is F[B-](F)(F)c1ccc(CCCN2CCOCC2)s1.[K+]. The zero-order valence-corrected chi connectivity index (χ0v) is 15.0. The van der Waals surface area contributed by atoms with Crippen LogP contribution in [-0.4, -0.2) is 44.7 Å². The molecule has 0 bridgehead atoms. The Kier molecular flexibility index (Phi) is 8.15. The first-order chi connectivity index (χ1) is 8.55. The van der Waals surface area contributed by atoms with Crippen molar-refractivity contribution in [1.82, 2.24) is 4.90 Å². The molecule has 1 aromatic heterocycles. The van der Waals surface area contributed by atoms with Gasteiger partial charge in [0.1, 0.15) is 0 Å². The van der Waals surface area contributed by atoms with Crippen LogP contribution in [0.15, 0.2) is 12.1 Å². The van der Waals surface area contributed by atoms with E-state index in [4.69, 9.17) is 4.74 Å². The van der Waals surface area contributed by atoms with Crippen molar-refractivity contribution < 1.29 is 69.1 Å². The number of nitrogens with zero attached hydrogens (tertiary/aromatic N) is 1. The van der Waals surface area contributed by atoms with Crippen molar-refractivity contribution in [1.29, 1.82) is 0 Å². The molecule has 2 heterocycles. The maximum atomic E-state index is 12.5. The van der Waals surface area contributed by atoms with E-state index in [9.17, 15) is 12.9 Å². The van der Waals surface area contributed by atoms with Crippen LogP contribution in [0.2, 0.25) is 0 Å². The van der Waals surface area contributed by atoms with Crippen molar-refractivity contribution in [3.8, 4) is 0 Å². The summed E-state index contributed by atoms with van der Waals surface area (Å²) < 4.78 is 42.2. The number of aryl methyl sites for hydroxylation is 1. The average molecular weight is 317 g/mol. The van der Waals surface area contributed by atoms with Gasteiger partial charge in [0.25, 0.3) is 0 Å². The number of hydrogen-bond donors (Lipinski definition) is 0. The van der Waals surface area contributed by atoms with E-state index >= 15 is 0 Å². The minimum atomic E-state index is -4.83. The summed E-state index contributed by atoms with van der Waals surface area (Å²) in [6, 6.07) is 2.81. The van der Waals surface area contributed by atoms with Crippen LogP contribution in [0, 0.1) is 0 Å². The minimum absolute atomic E-state index is 0. The summed E-state index contributed by atoms with van der Waals surface area (Å²) in [5.41, 5.74) is 0. The summed E-state index contributed by atoms with van der Waals surface area (Å²) in [5, 5.41) is 0. The first-order valence-corrected chi connectivity index (χ1v) is 6.96. The number of thiophene rings is 1. The maximum Gasteiger partial charge on any atom is 1.00 e. The van der Waals surface area contributed by atoms with Crippen molar-refractivity contribution in [2.24, 2.45) is 0 Å². The summed E-state index contributed by atoms with van der Waals surface area (Å²) in [6.45, 7) is -0.498. The van der Waals surface area contributed by atoms with Gasteiger partial charge in [-0.2, -0.15) is 11.3 Å². The van der Waals surface area contributed by atoms with Gasteiger partial charge in [-0.3, -0.25) is 4.90 Å². The fourth-order valence-corrected chi connectivity index (χ4v) is 2.96. The van der Waals surface area contributed by atoms with Crippen LogP contribution >= 0.6 is 11.3 Å². The molecule has 0 unspecified atom stereocenters. The molecular formula is C11H16BF3KNOS. The van der Waals surface area contributed by atoms with E-state index in [0.717, 1.165) is 61.9 Å². The van der Waals surface area contributed by atoms with E-state index in [0.29, 0.717) is 0 Å². The second-order valence-electron chi connectivity index (χ2n) is 4.44. The molecule has 0 N–H and O–H groups in total. The molecule has 0 radical (unpaired) electrons. The Morgan fingerprint density at radius 2 is 1.89 bits per heavy atom. The Bertz CT molecular complexity index is 382. The van der Waals surface area contributed by atoms with Gasteiger partial charge in [-0.1, -0.05) is 16.9 Å². The fourth-order valence-electron chi connectivity index (χ4n) is 2.01. The third kappa shape index (κ3) is 6.17. The quantitative estimate of drug-likeness (QED) is 0.651. The van der Waals surface area contributed by atoms with Gasteiger partial charge in [-0.25, -0.2) is 0 Å². The number of rotatable bonds is 5. The van der Waals surface area contributed by atoms with E-state index < -0.39 is 11.8 Å². The monoisotopic (exact) mass is 317 g/mol. The van der Waals surface area contributed by atoms with Gasteiger partial charge >= 0.3 is 58.4 Å². The summed E-state index contributed by atoms with van der Waals surface area (Å²) in [5.74, 6) is 0. The Hall–Kier alpha value is 1.11. The molecule has 0 atom stereocenters. The largest absolute Gasteiger partial charge is 1.00 e.